The van der Waals surface area contributed by atoms with Crippen LogP contribution in [0.15, 0.2) is 54.6 Å². The molecule has 6 nitrogen and oxygen atoms in total. The third-order valence-electron chi connectivity index (χ3n) is 4.28. The minimum absolute atomic E-state index is 0.299. The molecule has 126 valence electrons. The number of anilines is 1. The number of fused-ring (bicyclic) bond motifs is 3. The van der Waals surface area contributed by atoms with Crippen LogP contribution < -0.4 is 5.32 Å². The van der Waals surface area contributed by atoms with Crippen LogP contribution in [0.1, 0.15) is 13.8 Å². The van der Waals surface area contributed by atoms with Gasteiger partial charge < -0.3 is 10.1 Å². The zero-order valence-electron chi connectivity index (χ0n) is 14.1. The zero-order valence-corrected chi connectivity index (χ0v) is 14.1. The third kappa shape index (κ3) is 2.38. The molecule has 1 aromatic heterocycles. The molecular weight excluding hydrogens is 316 g/mol. The first-order valence-corrected chi connectivity index (χ1v) is 8.21. The van der Waals surface area contributed by atoms with Gasteiger partial charge in [-0.2, -0.15) is 0 Å². The predicted molar refractivity (Wildman–Crippen MR) is 94.8 cm³/mol. The van der Waals surface area contributed by atoms with Gasteiger partial charge in [0.25, 0.3) is 0 Å². The number of hydrogen-bond acceptors (Lipinski definition) is 5. The smallest absolute Gasteiger partial charge is 0.354 e. The summed E-state index contributed by atoms with van der Waals surface area (Å²) in [5.74, 6) is 0.823. The normalized spacial score (nSPS) is 18.0. The SMILES string of the molecule is CCOC(=O)C1(C)Nc2ccccc2-c2nc(-c3ccccc3)nn21. The van der Waals surface area contributed by atoms with Crippen LogP contribution in [0.4, 0.5) is 5.69 Å². The van der Waals surface area contributed by atoms with Gasteiger partial charge in [0.15, 0.2) is 11.6 Å². The number of nitrogens with one attached hydrogen (secondary N) is 1. The van der Waals surface area contributed by atoms with E-state index in [0.717, 1.165) is 16.8 Å². The third-order valence-corrected chi connectivity index (χ3v) is 4.28. The molecule has 0 bridgehead atoms. The fourth-order valence-electron chi connectivity index (χ4n) is 3.02. The molecule has 25 heavy (non-hydrogen) atoms. The summed E-state index contributed by atoms with van der Waals surface area (Å²) in [6.07, 6.45) is 0. The molecule has 1 aliphatic heterocycles. The second-order valence-electron chi connectivity index (χ2n) is 6.00. The number of benzene rings is 2. The van der Waals surface area contributed by atoms with Gasteiger partial charge in [-0.3, -0.25) is 0 Å². The summed E-state index contributed by atoms with van der Waals surface area (Å²) in [7, 11) is 0. The van der Waals surface area contributed by atoms with E-state index in [4.69, 9.17) is 9.72 Å². The van der Waals surface area contributed by atoms with E-state index in [1.165, 1.54) is 0 Å². The highest BCUT2D eigenvalue weighted by atomic mass is 16.5. The van der Waals surface area contributed by atoms with Crippen LogP contribution in [0.25, 0.3) is 22.8 Å². The van der Waals surface area contributed by atoms with Crippen molar-refractivity contribution in [2.75, 3.05) is 11.9 Å². The van der Waals surface area contributed by atoms with Crippen LogP contribution >= 0.6 is 0 Å². The van der Waals surface area contributed by atoms with E-state index in [1.54, 1.807) is 18.5 Å². The van der Waals surface area contributed by atoms with Gasteiger partial charge in [-0.1, -0.05) is 42.5 Å². The number of ether oxygens (including phenoxy) is 1. The predicted octanol–water partition coefficient (Wildman–Crippen LogP) is 3.27. The van der Waals surface area contributed by atoms with Crippen LogP contribution in [0, 0.1) is 0 Å². The van der Waals surface area contributed by atoms with Gasteiger partial charge >= 0.3 is 5.97 Å². The lowest BCUT2D eigenvalue weighted by molar-refractivity contribution is -0.152. The average molecular weight is 334 g/mol. The van der Waals surface area contributed by atoms with E-state index in [0.29, 0.717) is 18.3 Å². The van der Waals surface area contributed by atoms with Gasteiger partial charge in [0.2, 0.25) is 5.66 Å². The molecule has 0 saturated carbocycles. The Bertz CT molecular complexity index is 936. The first kappa shape index (κ1) is 15.4. The lowest BCUT2D eigenvalue weighted by Crippen LogP contribution is -2.50. The molecule has 1 unspecified atom stereocenters. The Kier molecular flexibility index (Phi) is 3.53. The van der Waals surface area contributed by atoms with Crippen molar-refractivity contribution in [1.29, 1.82) is 0 Å². The molecule has 2 heterocycles. The first-order valence-electron chi connectivity index (χ1n) is 8.21. The highest BCUT2D eigenvalue weighted by Gasteiger charge is 2.44. The number of hydrogen-bond donors (Lipinski definition) is 1. The second kappa shape index (κ2) is 5.73. The molecule has 2 aromatic carbocycles. The Labute approximate surface area is 145 Å². The van der Waals surface area contributed by atoms with Crippen molar-refractivity contribution in [3.63, 3.8) is 0 Å². The highest BCUT2D eigenvalue weighted by Crippen LogP contribution is 2.38. The molecule has 0 spiro atoms. The minimum atomic E-state index is -1.15. The molecule has 0 aliphatic carbocycles. The van der Waals surface area contributed by atoms with Crippen LogP contribution in [-0.4, -0.2) is 27.3 Å². The van der Waals surface area contributed by atoms with Crippen LogP contribution in [0.5, 0.6) is 0 Å². The largest absolute Gasteiger partial charge is 0.463 e. The van der Waals surface area contributed by atoms with E-state index in [1.807, 2.05) is 54.6 Å². The molecular formula is C19H18N4O2. The van der Waals surface area contributed by atoms with Gasteiger partial charge in [0.1, 0.15) is 0 Å². The van der Waals surface area contributed by atoms with E-state index in [9.17, 15) is 4.79 Å². The number of nitrogens with zero attached hydrogens (tertiary/aromatic N) is 3. The minimum Gasteiger partial charge on any atom is -0.463 e. The maximum atomic E-state index is 12.7. The van der Waals surface area contributed by atoms with Crippen molar-refractivity contribution in [3.8, 4) is 22.8 Å². The summed E-state index contributed by atoms with van der Waals surface area (Å²) in [4.78, 5) is 17.4. The first-order chi connectivity index (χ1) is 12.1. The lowest BCUT2D eigenvalue weighted by Gasteiger charge is -2.34. The topological polar surface area (TPSA) is 69.0 Å². The number of carbonyl (C=O) groups is 1. The van der Waals surface area contributed by atoms with Crippen LogP contribution in [-0.2, 0) is 15.2 Å². The summed E-state index contributed by atoms with van der Waals surface area (Å²) in [5.41, 5.74) is 1.48. The van der Waals surface area contributed by atoms with Gasteiger partial charge in [-0.15, -0.1) is 5.10 Å². The Morgan fingerprint density at radius 1 is 1.16 bits per heavy atom. The summed E-state index contributed by atoms with van der Waals surface area (Å²) in [5, 5.41) is 7.88. The molecule has 1 N–H and O–H groups in total. The monoisotopic (exact) mass is 334 g/mol. The highest BCUT2D eigenvalue weighted by molar-refractivity contribution is 5.88. The van der Waals surface area contributed by atoms with Crippen molar-refractivity contribution < 1.29 is 9.53 Å². The van der Waals surface area contributed by atoms with Crippen molar-refractivity contribution in [1.82, 2.24) is 14.8 Å². The van der Waals surface area contributed by atoms with E-state index in [2.05, 4.69) is 10.4 Å². The zero-order chi connectivity index (χ0) is 17.4. The van der Waals surface area contributed by atoms with Gasteiger partial charge in [-0.05, 0) is 26.0 Å². The lowest BCUT2D eigenvalue weighted by atomic mass is 10.0. The number of aromatic nitrogens is 3. The van der Waals surface area contributed by atoms with Crippen molar-refractivity contribution in [3.05, 3.63) is 54.6 Å². The van der Waals surface area contributed by atoms with E-state index < -0.39 is 11.6 Å². The Balaban J connectivity index is 1.92. The number of rotatable bonds is 3. The van der Waals surface area contributed by atoms with Crippen LogP contribution in [0.3, 0.4) is 0 Å². The number of carbonyl (C=O) groups excluding carboxylic acids is 1. The molecule has 0 radical (unpaired) electrons. The summed E-state index contributed by atoms with van der Waals surface area (Å²) >= 11 is 0. The molecule has 3 aromatic rings. The van der Waals surface area contributed by atoms with Crippen LogP contribution in [0.2, 0.25) is 0 Å². The second-order valence-corrected chi connectivity index (χ2v) is 6.00. The van der Waals surface area contributed by atoms with E-state index >= 15 is 0 Å². The van der Waals surface area contributed by atoms with Gasteiger partial charge in [-0.25, -0.2) is 14.5 Å². The summed E-state index contributed by atoms with van der Waals surface area (Å²) < 4.78 is 6.90. The molecule has 6 heteroatoms. The Morgan fingerprint density at radius 2 is 1.88 bits per heavy atom. The van der Waals surface area contributed by atoms with Gasteiger partial charge in [0.05, 0.1) is 6.61 Å². The molecule has 1 atom stereocenters. The molecule has 1 aliphatic rings. The molecule has 0 amide bonds. The van der Waals surface area contributed by atoms with E-state index in [-0.39, 0.29) is 0 Å². The van der Waals surface area contributed by atoms with Crippen molar-refractivity contribution >= 4 is 11.7 Å². The maximum absolute atomic E-state index is 12.7. The van der Waals surface area contributed by atoms with Crippen molar-refractivity contribution in [2.45, 2.75) is 19.5 Å². The van der Waals surface area contributed by atoms with Gasteiger partial charge in [0, 0.05) is 16.8 Å². The standard InChI is InChI=1S/C19H18N4O2/c1-3-25-18(24)19(2)21-15-12-8-7-11-14(15)17-20-16(22-23(17)19)13-9-5-4-6-10-13/h4-12,21H,3H2,1-2H3. The maximum Gasteiger partial charge on any atom is 0.354 e. The molecule has 0 fully saturated rings. The number of para-hydroxylation sites is 1. The quantitative estimate of drug-likeness (QED) is 0.745. The van der Waals surface area contributed by atoms with Crippen molar-refractivity contribution in [2.24, 2.45) is 0 Å². The summed E-state index contributed by atoms with van der Waals surface area (Å²) in [6, 6.07) is 17.5. The fourth-order valence-corrected chi connectivity index (χ4v) is 3.02. The Hall–Kier alpha value is -3.15. The Morgan fingerprint density at radius 3 is 2.64 bits per heavy atom. The molecule has 4 rings (SSSR count). The summed E-state index contributed by atoms with van der Waals surface area (Å²) in [6.45, 7) is 3.84. The fraction of sp³-hybridized carbons (Fsp3) is 0.211. The molecule has 0 saturated heterocycles. The number of esters is 1. The average Bonchev–Trinajstić information content (AvgIpc) is 3.09.